The van der Waals surface area contributed by atoms with Crippen molar-refractivity contribution in [1.29, 1.82) is 0 Å². The second-order valence-electron chi connectivity index (χ2n) is 4.46. The molecule has 1 fully saturated rings. The largest absolute Gasteiger partial charge is 0.433 e. The van der Waals surface area contributed by atoms with Gasteiger partial charge < -0.3 is 5.32 Å². The number of hydrogen-bond donors (Lipinski definition) is 1. The van der Waals surface area contributed by atoms with E-state index in [1.807, 2.05) is 0 Å². The van der Waals surface area contributed by atoms with Crippen LogP contribution in [0.1, 0.15) is 30.3 Å². The van der Waals surface area contributed by atoms with Gasteiger partial charge in [-0.25, -0.2) is 4.39 Å². The second kappa shape index (κ2) is 5.22. The summed E-state index contributed by atoms with van der Waals surface area (Å²) in [5.41, 5.74) is -0.751. The zero-order valence-electron chi connectivity index (χ0n) is 9.67. The van der Waals surface area contributed by atoms with E-state index >= 15 is 0 Å². The molecule has 1 saturated heterocycles. The summed E-state index contributed by atoms with van der Waals surface area (Å²) in [5.74, 6) is -0.134. The lowest BCUT2D eigenvalue weighted by molar-refractivity contribution is -0.141. The van der Waals surface area contributed by atoms with E-state index in [9.17, 15) is 17.6 Å². The molecule has 18 heavy (non-hydrogen) atoms. The lowest BCUT2D eigenvalue weighted by Gasteiger charge is -2.25. The number of halogens is 4. The molecule has 1 unspecified atom stereocenters. The number of rotatable bonds is 2. The van der Waals surface area contributed by atoms with Crippen molar-refractivity contribution in [2.45, 2.75) is 25.2 Å². The van der Waals surface area contributed by atoms with Crippen LogP contribution in [0.4, 0.5) is 17.6 Å². The molecular formula is C12H14F4N2. The molecule has 2 nitrogen and oxygen atoms in total. The molecule has 1 aromatic rings. The number of hydrogen-bond acceptors (Lipinski definition) is 2. The Morgan fingerprint density at radius 3 is 2.39 bits per heavy atom. The Morgan fingerprint density at radius 2 is 1.89 bits per heavy atom. The topological polar surface area (TPSA) is 24.9 Å². The van der Waals surface area contributed by atoms with Gasteiger partial charge in [0, 0.05) is 11.8 Å². The van der Waals surface area contributed by atoms with Crippen LogP contribution in [-0.2, 0) is 6.18 Å². The van der Waals surface area contributed by atoms with Gasteiger partial charge in [0.1, 0.15) is 11.9 Å². The molecule has 0 radical (unpaired) electrons. The molecule has 6 heteroatoms. The fourth-order valence-electron chi connectivity index (χ4n) is 2.15. The maximum Gasteiger partial charge on any atom is 0.433 e. The van der Waals surface area contributed by atoms with Crippen molar-refractivity contribution in [3.63, 3.8) is 0 Å². The van der Waals surface area contributed by atoms with Crippen molar-refractivity contribution in [3.05, 3.63) is 29.6 Å². The van der Waals surface area contributed by atoms with Crippen molar-refractivity contribution < 1.29 is 17.6 Å². The molecule has 0 aliphatic carbocycles. The molecule has 0 bridgehead atoms. The summed E-state index contributed by atoms with van der Waals surface area (Å²) < 4.78 is 51.0. The standard InChI is InChI=1S/C12H14F4N2/c13-11(8-3-5-17-6-4-8)9-1-2-10(18-7-9)12(14,15)16/h1-2,7-8,11,17H,3-6H2. The first-order valence-corrected chi connectivity index (χ1v) is 5.86. The lowest BCUT2D eigenvalue weighted by Crippen LogP contribution is -2.29. The summed E-state index contributed by atoms with van der Waals surface area (Å²) in [7, 11) is 0. The summed E-state index contributed by atoms with van der Waals surface area (Å²) in [6.45, 7) is 1.50. The zero-order chi connectivity index (χ0) is 13.2. The van der Waals surface area contributed by atoms with Crippen LogP contribution in [0.2, 0.25) is 0 Å². The van der Waals surface area contributed by atoms with Crippen LogP contribution in [0.3, 0.4) is 0 Å². The summed E-state index contributed by atoms with van der Waals surface area (Å²) >= 11 is 0. The van der Waals surface area contributed by atoms with Gasteiger partial charge in [-0.05, 0) is 37.9 Å². The van der Waals surface area contributed by atoms with Crippen LogP contribution in [-0.4, -0.2) is 18.1 Å². The van der Waals surface area contributed by atoms with Gasteiger partial charge in [-0.1, -0.05) is 6.07 Å². The minimum Gasteiger partial charge on any atom is -0.317 e. The SMILES string of the molecule is FC(c1ccc(C(F)(F)F)nc1)C1CCNCC1. The van der Waals surface area contributed by atoms with Crippen molar-refractivity contribution in [2.24, 2.45) is 5.92 Å². The molecule has 1 aliphatic heterocycles. The smallest absolute Gasteiger partial charge is 0.317 e. The first-order valence-electron chi connectivity index (χ1n) is 5.86. The van der Waals surface area contributed by atoms with E-state index in [0.29, 0.717) is 12.8 Å². The summed E-state index contributed by atoms with van der Waals surface area (Å²) in [5, 5.41) is 3.12. The van der Waals surface area contributed by atoms with E-state index in [4.69, 9.17) is 0 Å². The quantitative estimate of drug-likeness (QED) is 0.828. The summed E-state index contributed by atoms with van der Waals surface area (Å²) in [6, 6.07) is 2.02. The molecule has 0 aromatic carbocycles. The third-order valence-electron chi connectivity index (χ3n) is 3.19. The number of nitrogens with one attached hydrogen (secondary N) is 1. The Morgan fingerprint density at radius 1 is 1.22 bits per heavy atom. The molecule has 0 saturated carbocycles. The van der Waals surface area contributed by atoms with E-state index in [2.05, 4.69) is 10.3 Å². The maximum atomic E-state index is 14.1. The third-order valence-corrected chi connectivity index (χ3v) is 3.19. The van der Waals surface area contributed by atoms with Crippen molar-refractivity contribution >= 4 is 0 Å². The number of aromatic nitrogens is 1. The first kappa shape index (κ1) is 13.3. The van der Waals surface area contributed by atoms with E-state index in [1.54, 1.807) is 0 Å². The Hall–Kier alpha value is -1.17. The summed E-state index contributed by atoms with van der Waals surface area (Å²) in [4.78, 5) is 3.29. The minimum absolute atomic E-state index is 0.134. The highest BCUT2D eigenvalue weighted by Crippen LogP contribution is 2.33. The van der Waals surface area contributed by atoms with Gasteiger partial charge >= 0.3 is 6.18 Å². The van der Waals surface area contributed by atoms with Crippen LogP contribution in [0, 0.1) is 5.92 Å². The van der Waals surface area contributed by atoms with Crippen molar-refractivity contribution in [2.75, 3.05) is 13.1 Å². The normalized spacial score (nSPS) is 19.8. The highest BCUT2D eigenvalue weighted by Gasteiger charge is 2.33. The second-order valence-corrected chi connectivity index (χ2v) is 4.46. The monoisotopic (exact) mass is 262 g/mol. The van der Waals surface area contributed by atoms with Gasteiger partial charge in [-0.3, -0.25) is 4.98 Å². The third kappa shape index (κ3) is 2.98. The van der Waals surface area contributed by atoms with E-state index in [-0.39, 0.29) is 11.5 Å². The molecule has 0 spiro atoms. The van der Waals surface area contributed by atoms with Crippen LogP contribution in [0.5, 0.6) is 0 Å². The molecule has 1 aliphatic rings. The number of nitrogens with zero attached hydrogens (tertiary/aromatic N) is 1. The Kier molecular flexibility index (Phi) is 3.85. The molecule has 2 heterocycles. The molecule has 1 atom stereocenters. The molecule has 2 rings (SSSR count). The van der Waals surface area contributed by atoms with Crippen LogP contribution in [0.25, 0.3) is 0 Å². The predicted molar refractivity (Wildman–Crippen MR) is 58.7 cm³/mol. The van der Waals surface area contributed by atoms with Gasteiger partial charge in [0.2, 0.25) is 0 Å². The Bertz CT molecular complexity index is 382. The average molecular weight is 262 g/mol. The Balaban J connectivity index is 2.09. The summed E-state index contributed by atoms with van der Waals surface area (Å²) in [6.07, 6.45) is -3.32. The number of alkyl halides is 4. The van der Waals surface area contributed by atoms with Gasteiger partial charge in [0.25, 0.3) is 0 Å². The van der Waals surface area contributed by atoms with Crippen molar-refractivity contribution in [3.8, 4) is 0 Å². The van der Waals surface area contributed by atoms with Gasteiger partial charge in [-0.15, -0.1) is 0 Å². The van der Waals surface area contributed by atoms with Crippen LogP contribution < -0.4 is 5.32 Å². The van der Waals surface area contributed by atoms with Crippen LogP contribution >= 0.6 is 0 Å². The fourth-order valence-corrected chi connectivity index (χ4v) is 2.15. The molecule has 100 valence electrons. The highest BCUT2D eigenvalue weighted by molar-refractivity contribution is 5.19. The van der Waals surface area contributed by atoms with Gasteiger partial charge in [-0.2, -0.15) is 13.2 Å². The average Bonchev–Trinajstić information content (AvgIpc) is 2.38. The first-order chi connectivity index (χ1) is 8.48. The number of pyridine rings is 1. The molecule has 1 aromatic heterocycles. The number of piperidine rings is 1. The molecular weight excluding hydrogens is 248 g/mol. The molecule has 1 N–H and O–H groups in total. The van der Waals surface area contributed by atoms with E-state index in [0.717, 1.165) is 25.4 Å². The fraction of sp³-hybridized carbons (Fsp3) is 0.583. The van der Waals surface area contributed by atoms with E-state index < -0.39 is 18.0 Å². The highest BCUT2D eigenvalue weighted by atomic mass is 19.4. The maximum absolute atomic E-state index is 14.1. The van der Waals surface area contributed by atoms with E-state index in [1.165, 1.54) is 6.07 Å². The Labute approximate surface area is 102 Å². The van der Waals surface area contributed by atoms with Gasteiger partial charge in [0.15, 0.2) is 0 Å². The van der Waals surface area contributed by atoms with Gasteiger partial charge in [0.05, 0.1) is 0 Å². The van der Waals surface area contributed by atoms with Crippen molar-refractivity contribution in [1.82, 2.24) is 10.3 Å². The predicted octanol–water partition coefficient (Wildman–Crippen LogP) is 3.11. The zero-order valence-corrected chi connectivity index (χ0v) is 9.67. The lowest BCUT2D eigenvalue weighted by atomic mass is 9.90. The minimum atomic E-state index is -4.47. The van der Waals surface area contributed by atoms with Crippen LogP contribution in [0.15, 0.2) is 18.3 Å². The molecule has 0 amide bonds.